The molecule has 2 aromatic carbocycles. The molecule has 50 heavy (non-hydrogen) atoms. The molecule has 11 nitrogen and oxygen atoms in total. The van der Waals surface area contributed by atoms with Crippen molar-refractivity contribution in [2.75, 3.05) is 13.7 Å². The van der Waals surface area contributed by atoms with Crippen molar-refractivity contribution in [1.29, 1.82) is 0 Å². The maximum atomic E-state index is 14.5. The van der Waals surface area contributed by atoms with Crippen molar-refractivity contribution < 1.29 is 33.8 Å². The molecule has 3 unspecified atom stereocenters. The van der Waals surface area contributed by atoms with Crippen LogP contribution in [-0.2, 0) is 25.5 Å². The first-order valence-electron chi connectivity index (χ1n) is 17.0. The molecule has 5 atom stereocenters. The summed E-state index contributed by atoms with van der Waals surface area (Å²) in [6, 6.07) is 15.6. The zero-order valence-corrected chi connectivity index (χ0v) is 29.9. The second kappa shape index (κ2) is 13.8. The number of ether oxygens (including phenoxy) is 2. The van der Waals surface area contributed by atoms with E-state index in [1.807, 2.05) is 75.4 Å². The van der Waals surface area contributed by atoms with Crippen LogP contribution in [0.25, 0.3) is 22.2 Å². The Morgan fingerprint density at radius 3 is 2.36 bits per heavy atom. The van der Waals surface area contributed by atoms with Crippen molar-refractivity contribution in [2.45, 2.75) is 84.0 Å². The van der Waals surface area contributed by atoms with E-state index in [2.05, 4.69) is 17.2 Å². The third-order valence-corrected chi connectivity index (χ3v) is 9.46. The first kappa shape index (κ1) is 36.4. The van der Waals surface area contributed by atoms with Crippen LogP contribution in [0.2, 0.25) is 0 Å². The monoisotopic (exact) mass is 684 g/mol. The van der Waals surface area contributed by atoms with E-state index in [0.29, 0.717) is 12.2 Å². The minimum atomic E-state index is -1.46. The van der Waals surface area contributed by atoms with Crippen LogP contribution in [0.4, 0.5) is 4.79 Å². The lowest BCUT2D eigenvalue weighted by molar-refractivity contribution is -0.146. The van der Waals surface area contributed by atoms with E-state index >= 15 is 0 Å². The highest BCUT2D eigenvalue weighted by atomic mass is 16.6. The van der Waals surface area contributed by atoms with Gasteiger partial charge in [0.15, 0.2) is 0 Å². The fourth-order valence-electron chi connectivity index (χ4n) is 6.77. The van der Waals surface area contributed by atoms with E-state index in [0.717, 1.165) is 27.7 Å². The van der Waals surface area contributed by atoms with Gasteiger partial charge >= 0.3 is 12.1 Å². The lowest BCUT2D eigenvalue weighted by atomic mass is 9.85. The molecule has 1 aromatic heterocycles. The predicted octanol–water partition coefficient (Wildman–Crippen LogP) is 5.75. The Labute approximate surface area is 293 Å². The molecule has 0 bridgehead atoms. The van der Waals surface area contributed by atoms with Gasteiger partial charge < -0.3 is 30.1 Å². The Bertz CT molecular complexity index is 1800. The summed E-state index contributed by atoms with van der Waals surface area (Å²) in [6.07, 6.45) is 1.81. The molecule has 3 aromatic rings. The maximum absolute atomic E-state index is 14.5. The zero-order chi connectivity index (χ0) is 36.6. The Balaban J connectivity index is 1.51. The first-order valence-corrected chi connectivity index (χ1v) is 17.0. The molecule has 266 valence electrons. The number of nitrogens with one attached hydrogen (secondary N) is 2. The molecule has 2 fully saturated rings. The van der Waals surface area contributed by atoms with E-state index in [-0.39, 0.29) is 25.3 Å². The lowest BCUT2D eigenvalue weighted by Gasteiger charge is -2.36. The number of carbonyl (C=O) groups excluding carboxylic acids is 3. The Morgan fingerprint density at radius 2 is 1.78 bits per heavy atom. The van der Waals surface area contributed by atoms with Crippen LogP contribution in [-0.4, -0.2) is 75.7 Å². The summed E-state index contributed by atoms with van der Waals surface area (Å²) < 4.78 is 11.0. The van der Waals surface area contributed by atoms with Crippen LogP contribution >= 0.6 is 0 Å². The van der Waals surface area contributed by atoms with Crippen LogP contribution in [0, 0.1) is 17.3 Å². The van der Waals surface area contributed by atoms with Crippen LogP contribution in [0.5, 0.6) is 5.75 Å². The average molecular weight is 685 g/mol. The molecule has 0 spiro atoms. The molecule has 11 heteroatoms. The Morgan fingerprint density at radius 1 is 1.08 bits per heavy atom. The Hall–Kier alpha value is -4.93. The van der Waals surface area contributed by atoms with E-state index in [9.17, 15) is 24.3 Å². The summed E-state index contributed by atoms with van der Waals surface area (Å²) in [4.78, 5) is 60.2. The lowest BCUT2D eigenvalue weighted by Crippen LogP contribution is -2.59. The summed E-state index contributed by atoms with van der Waals surface area (Å²) in [5.41, 5.74) is 0.473. The van der Waals surface area contributed by atoms with E-state index in [1.54, 1.807) is 27.9 Å². The summed E-state index contributed by atoms with van der Waals surface area (Å²) in [6.45, 7) is 14.6. The highest BCUT2D eigenvalue weighted by Crippen LogP contribution is 2.45. The number of aliphatic carboxylic acids is 1. The molecule has 0 radical (unpaired) electrons. The number of rotatable bonds is 10. The number of pyridine rings is 1. The molecule has 1 saturated heterocycles. The smallest absolute Gasteiger partial charge is 0.408 e. The van der Waals surface area contributed by atoms with Crippen molar-refractivity contribution in [2.24, 2.45) is 17.3 Å². The summed E-state index contributed by atoms with van der Waals surface area (Å²) in [5.74, 6) is -2.06. The fraction of sp³-hybridized carbons (Fsp3) is 0.462. The topological polar surface area (TPSA) is 147 Å². The van der Waals surface area contributed by atoms with Crippen LogP contribution < -0.4 is 15.4 Å². The number of carboxylic acid groups (broad SMARTS) is 1. The molecule has 2 heterocycles. The van der Waals surface area contributed by atoms with Crippen molar-refractivity contribution in [3.63, 3.8) is 0 Å². The number of hydrogen-bond acceptors (Lipinski definition) is 7. The number of aromatic nitrogens is 1. The van der Waals surface area contributed by atoms with Gasteiger partial charge in [0.2, 0.25) is 11.8 Å². The van der Waals surface area contributed by atoms with Gasteiger partial charge in [0.25, 0.3) is 0 Å². The van der Waals surface area contributed by atoms with E-state index in [1.165, 1.54) is 11.0 Å². The standard InChI is InChI=1S/C39H48N4O7/c1-9-26-21-39(26,35(46)47)42-33(44)31-18-23(22-43(31)34(45)32(37(2,3)4)41-36(48)50-38(5,6)7)17-25-19-29(24-13-11-10-12-14-24)40-30-20-27(49-8)15-16-28(25)30/h9-16,19-20,23,26,31-32H,1,17-18,21-22H2,2-8H3,(H,41,48)(H,42,44)(H,46,47)/t23-,26?,31+,32?,39?/m1/s1. The summed E-state index contributed by atoms with van der Waals surface area (Å²) in [5, 5.41) is 16.5. The predicted molar refractivity (Wildman–Crippen MR) is 190 cm³/mol. The highest BCUT2D eigenvalue weighted by Gasteiger charge is 2.61. The van der Waals surface area contributed by atoms with Gasteiger partial charge in [-0.25, -0.2) is 14.6 Å². The third-order valence-electron chi connectivity index (χ3n) is 9.46. The minimum Gasteiger partial charge on any atom is -0.497 e. The molecule has 1 aliphatic carbocycles. The molecule has 3 N–H and O–H groups in total. The molecule has 1 aliphatic heterocycles. The van der Waals surface area contributed by atoms with E-state index < -0.39 is 58.4 Å². The summed E-state index contributed by atoms with van der Waals surface area (Å²) >= 11 is 0. The number of alkyl carbamates (subject to hydrolysis) is 1. The van der Waals surface area contributed by atoms with Crippen molar-refractivity contribution in [1.82, 2.24) is 20.5 Å². The number of methoxy groups -OCH3 is 1. The van der Waals surface area contributed by atoms with Crippen molar-refractivity contribution in [3.05, 3.63) is 72.8 Å². The molecule has 2 aliphatic rings. The molecule has 5 rings (SSSR count). The number of benzene rings is 2. The number of nitrogens with zero attached hydrogens (tertiary/aromatic N) is 2. The quantitative estimate of drug-likeness (QED) is 0.229. The zero-order valence-electron chi connectivity index (χ0n) is 29.9. The number of hydrogen-bond donors (Lipinski definition) is 3. The first-order chi connectivity index (χ1) is 23.5. The Kier molecular flexibility index (Phi) is 10.0. The van der Waals surface area contributed by atoms with Gasteiger partial charge in [-0.05, 0) is 75.1 Å². The van der Waals surface area contributed by atoms with Gasteiger partial charge in [-0.15, -0.1) is 6.58 Å². The third kappa shape index (κ3) is 7.77. The molecule has 1 saturated carbocycles. The van der Waals surface area contributed by atoms with Crippen molar-refractivity contribution in [3.8, 4) is 17.0 Å². The molecular weight excluding hydrogens is 636 g/mol. The highest BCUT2D eigenvalue weighted by molar-refractivity contribution is 5.96. The second-order valence-corrected chi connectivity index (χ2v) is 15.5. The number of carboxylic acids is 1. The normalized spacial score (nSPS) is 22.4. The van der Waals surface area contributed by atoms with Gasteiger partial charge in [0.1, 0.15) is 29.0 Å². The van der Waals surface area contributed by atoms with Gasteiger partial charge in [-0.2, -0.15) is 0 Å². The van der Waals surface area contributed by atoms with Gasteiger partial charge in [0, 0.05) is 29.5 Å². The van der Waals surface area contributed by atoms with Gasteiger partial charge in [-0.1, -0.05) is 57.2 Å². The number of likely N-dealkylation sites (tertiary alicyclic amines) is 1. The molecule has 3 amide bonds. The SMILES string of the molecule is C=CC1CC1(NC(=O)[C@@H]1C[C@@H](Cc2cc(-c3ccccc3)nc3cc(OC)ccc23)CN1C(=O)C(NC(=O)OC(C)(C)C)C(C)(C)C)C(=O)O. The van der Waals surface area contributed by atoms with Crippen LogP contribution in [0.1, 0.15) is 59.9 Å². The largest absolute Gasteiger partial charge is 0.497 e. The van der Waals surface area contributed by atoms with Crippen molar-refractivity contribution >= 4 is 34.8 Å². The van der Waals surface area contributed by atoms with E-state index in [4.69, 9.17) is 14.5 Å². The fourth-order valence-corrected chi connectivity index (χ4v) is 6.77. The van der Waals surface area contributed by atoms with Gasteiger partial charge in [-0.3, -0.25) is 9.59 Å². The van der Waals surface area contributed by atoms with Gasteiger partial charge in [0.05, 0.1) is 18.3 Å². The van der Waals surface area contributed by atoms with Crippen LogP contribution in [0.15, 0.2) is 67.3 Å². The average Bonchev–Trinajstić information content (AvgIpc) is 3.61. The second-order valence-electron chi connectivity index (χ2n) is 15.5. The minimum absolute atomic E-state index is 0.177. The van der Waals surface area contributed by atoms with Crippen LogP contribution in [0.3, 0.4) is 0 Å². The molecular formula is C39H48N4O7. The maximum Gasteiger partial charge on any atom is 0.408 e. The number of fused-ring (bicyclic) bond motifs is 1. The summed E-state index contributed by atoms with van der Waals surface area (Å²) in [7, 11) is 1.61. The number of carbonyl (C=O) groups is 4. The number of amides is 3.